The van der Waals surface area contributed by atoms with Gasteiger partial charge in [-0.3, -0.25) is 0 Å². The number of hydrogen-bond donors (Lipinski definition) is 0. The third-order valence-corrected chi connectivity index (χ3v) is 4.92. The zero-order chi connectivity index (χ0) is 5.91. The summed E-state index contributed by atoms with van der Waals surface area (Å²) in [5, 5.41) is 0. The van der Waals surface area contributed by atoms with Crippen LogP contribution in [0, 0.1) is 0 Å². The summed E-state index contributed by atoms with van der Waals surface area (Å²) in [4.78, 5) is 0. The molecule has 7 heavy (non-hydrogen) atoms. The molecule has 0 heterocycles. The molecular weight excluding hydrogens is 261 g/mol. The van der Waals surface area contributed by atoms with E-state index in [1.54, 1.807) is 10.2 Å². The zero-order valence-corrected chi connectivity index (χ0v) is 8.91. The molecule has 0 atom stereocenters. The van der Waals surface area contributed by atoms with Crippen LogP contribution in [-0.4, -0.2) is 15.0 Å². The van der Waals surface area contributed by atoms with Gasteiger partial charge in [0.05, 0.1) is 0 Å². The van der Waals surface area contributed by atoms with Gasteiger partial charge in [0.1, 0.15) is 0 Å². The van der Waals surface area contributed by atoms with E-state index >= 15 is 0 Å². The Morgan fingerprint density at radius 2 is 1.71 bits per heavy atom. The van der Waals surface area contributed by atoms with Gasteiger partial charge in [-0.25, -0.2) is 0 Å². The molecule has 0 aliphatic heterocycles. The van der Waals surface area contributed by atoms with Crippen molar-refractivity contribution in [2.45, 2.75) is 6.92 Å². The van der Waals surface area contributed by atoms with E-state index in [-0.39, 0.29) is 0 Å². The quantitative estimate of drug-likeness (QED) is 0.640. The third-order valence-electron chi connectivity index (χ3n) is 0.356. The molecule has 0 nitrogen and oxygen atoms in total. The van der Waals surface area contributed by atoms with Crippen LogP contribution < -0.4 is 0 Å². The first-order valence-corrected chi connectivity index (χ1v) is 14.3. The zero-order valence-electron chi connectivity index (χ0n) is 3.79. The first-order valence-electron chi connectivity index (χ1n) is 1.77. The predicted molar refractivity (Wildman–Crippen MR) is 38.1 cm³/mol. The van der Waals surface area contributed by atoms with Crippen molar-refractivity contribution < 1.29 is 0 Å². The molecule has 0 fully saturated rings. The SMILES string of the molecule is CC=[CH][Sn]([Cl])([Cl])[Cl]. The molecule has 0 spiro atoms. The molecule has 0 bridgehead atoms. The fourth-order valence-electron chi connectivity index (χ4n) is 0.189. The van der Waals surface area contributed by atoms with Gasteiger partial charge in [-0.05, 0) is 0 Å². The van der Waals surface area contributed by atoms with Crippen LogP contribution in [0.4, 0.5) is 0 Å². The predicted octanol–water partition coefficient (Wildman–Crippen LogP) is 2.76. The van der Waals surface area contributed by atoms with Crippen LogP contribution in [0.25, 0.3) is 0 Å². The van der Waals surface area contributed by atoms with Crippen molar-refractivity contribution in [3.05, 3.63) is 10.2 Å². The normalized spacial score (nSPS) is 13.1. The summed E-state index contributed by atoms with van der Waals surface area (Å²) >= 11 is -3.04. The van der Waals surface area contributed by atoms with Crippen LogP contribution in [-0.2, 0) is 0 Å². The van der Waals surface area contributed by atoms with Gasteiger partial charge in [0.2, 0.25) is 0 Å². The van der Waals surface area contributed by atoms with Crippen molar-refractivity contribution in [1.82, 2.24) is 0 Å². The molecule has 0 rings (SSSR count). The Kier molecular flexibility index (Phi) is 4.13. The van der Waals surface area contributed by atoms with E-state index in [0.717, 1.165) is 0 Å². The molecule has 0 aliphatic carbocycles. The number of hydrogen-bond acceptors (Lipinski definition) is 0. The van der Waals surface area contributed by atoms with Crippen LogP contribution >= 0.6 is 26.8 Å². The van der Waals surface area contributed by atoms with Crippen molar-refractivity contribution in [1.29, 1.82) is 0 Å². The van der Waals surface area contributed by atoms with E-state index in [1.807, 2.05) is 6.92 Å². The van der Waals surface area contributed by atoms with E-state index in [9.17, 15) is 0 Å². The first-order chi connectivity index (χ1) is 3.06. The van der Waals surface area contributed by atoms with Crippen LogP contribution in [0.1, 0.15) is 6.92 Å². The van der Waals surface area contributed by atoms with Gasteiger partial charge in [0, 0.05) is 0 Å². The second kappa shape index (κ2) is 3.44. The van der Waals surface area contributed by atoms with Crippen LogP contribution in [0.3, 0.4) is 0 Å². The van der Waals surface area contributed by atoms with Gasteiger partial charge in [0.25, 0.3) is 0 Å². The van der Waals surface area contributed by atoms with Gasteiger partial charge < -0.3 is 0 Å². The monoisotopic (exact) mass is 266 g/mol. The Balaban J connectivity index is 3.56. The molecule has 0 aliphatic rings. The van der Waals surface area contributed by atoms with Crippen molar-refractivity contribution >= 4 is 41.8 Å². The van der Waals surface area contributed by atoms with Crippen molar-refractivity contribution in [2.75, 3.05) is 0 Å². The molecular formula is C3H5Cl3Sn. The molecule has 0 aromatic rings. The maximum absolute atomic E-state index is 5.49. The summed E-state index contributed by atoms with van der Waals surface area (Å²) in [5.41, 5.74) is 0. The fourth-order valence-corrected chi connectivity index (χ4v) is 3.80. The minimum atomic E-state index is -3.04. The molecule has 0 unspecified atom stereocenters. The first kappa shape index (κ1) is 8.41. The Labute approximate surface area is 58.5 Å². The van der Waals surface area contributed by atoms with Crippen molar-refractivity contribution in [3.8, 4) is 0 Å². The molecule has 42 valence electrons. The number of allylic oxidation sites excluding steroid dienone is 1. The Bertz CT molecular complexity index is 72.7. The van der Waals surface area contributed by atoms with E-state index < -0.39 is 15.0 Å². The average Bonchev–Trinajstić information content (AvgIpc) is 1.30. The molecule has 0 aromatic heterocycles. The van der Waals surface area contributed by atoms with Gasteiger partial charge in [-0.1, -0.05) is 0 Å². The Hall–Kier alpha value is 1.41. The second-order valence-corrected chi connectivity index (χ2v) is 21.0. The fraction of sp³-hybridized carbons (Fsp3) is 0.333. The Morgan fingerprint density at radius 3 is 1.71 bits per heavy atom. The van der Waals surface area contributed by atoms with E-state index in [2.05, 4.69) is 0 Å². The summed E-state index contributed by atoms with van der Waals surface area (Å²) in [6, 6.07) is 0. The minimum absolute atomic E-state index is 1.69. The molecule has 0 N–H and O–H groups in total. The number of rotatable bonds is 1. The molecule has 4 heteroatoms. The average molecular weight is 266 g/mol. The molecule has 0 radical (unpaired) electrons. The third kappa shape index (κ3) is 7.41. The number of halogens is 3. The van der Waals surface area contributed by atoms with E-state index in [4.69, 9.17) is 26.8 Å². The summed E-state index contributed by atoms with van der Waals surface area (Å²) in [7, 11) is 16.5. The molecule has 0 amide bonds. The van der Waals surface area contributed by atoms with Crippen molar-refractivity contribution in [2.24, 2.45) is 0 Å². The van der Waals surface area contributed by atoms with Crippen LogP contribution in [0.2, 0.25) is 0 Å². The summed E-state index contributed by atoms with van der Waals surface area (Å²) in [5.74, 6) is 0. The summed E-state index contributed by atoms with van der Waals surface area (Å²) in [6.45, 7) is 1.85. The van der Waals surface area contributed by atoms with Crippen LogP contribution in [0.15, 0.2) is 10.2 Å². The Morgan fingerprint density at radius 1 is 1.29 bits per heavy atom. The molecule has 0 saturated heterocycles. The van der Waals surface area contributed by atoms with Gasteiger partial charge in [-0.15, -0.1) is 0 Å². The summed E-state index contributed by atoms with van der Waals surface area (Å²) < 4.78 is 1.69. The standard InChI is InChI=1S/C3H5.3ClH.Sn/c1-3-2;;;;/h1,3H,2H3;3*1H;/q;;;;+3/p-3. The van der Waals surface area contributed by atoms with E-state index in [0.29, 0.717) is 0 Å². The molecule has 0 aromatic carbocycles. The topological polar surface area (TPSA) is 0 Å². The van der Waals surface area contributed by atoms with Crippen LogP contribution in [0.5, 0.6) is 0 Å². The van der Waals surface area contributed by atoms with Gasteiger partial charge in [0.15, 0.2) is 0 Å². The second-order valence-electron chi connectivity index (χ2n) is 1.04. The van der Waals surface area contributed by atoms with Gasteiger partial charge >= 0.3 is 58.9 Å². The van der Waals surface area contributed by atoms with E-state index in [1.165, 1.54) is 0 Å². The maximum atomic E-state index is 5.49. The van der Waals surface area contributed by atoms with Crippen molar-refractivity contribution in [3.63, 3.8) is 0 Å². The summed E-state index contributed by atoms with van der Waals surface area (Å²) in [6.07, 6.45) is 1.78. The van der Waals surface area contributed by atoms with Gasteiger partial charge in [-0.2, -0.15) is 0 Å². The molecule has 0 saturated carbocycles.